The van der Waals surface area contributed by atoms with Gasteiger partial charge in [-0.25, -0.2) is 27.4 Å². The number of rotatable bonds is 1. The van der Waals surface area contributed by atoms with Gasteiger partial charge in [-0.2, -0.15) is 0 Å². The van der Waals surface area contributed by atoms with Gasteiger partial charge in [0, 0.05) is 17.7 Å². The van der Waals surface area contributed by atoms with E-state index < -0.39 is 10.2 Å². The molecule has 0 amide bonds. The molecular formula is C14H9Cl2FN2O4. The summed E-state index contributed by atoms with van der Waals surface area (Å²) in [6.45, 7) is 0. The van der Waals surface area contributed by atoms with E-state index in [0.717, 1.165) is 16.9 Å². The van der Waals surface area contributed by atoms with Crippen LogP contribution in [0.5, 0.6) is 0 Å². The van der Waals surface area contributed by atoms with Gasteiger partial charge in [0.2, 0.25) is 0 Å². The van der Waals surface area contributed by atoms with Crippen molar-refractivity contribution in [1.82, 2.24) is 4.98 Å². The van der Waals surface area contributed by atoms with Gasteiger partial charge in [-0.05, 0) is 35.3 Å². The molecule has 2 aromatic heterocycles. The van der Waals surface area contributed by atoms with E-state index >= 15 is 0 Å². The highest BCUT2D eigenvalue weighted by Crippen LogP contribution is 2.17. The maximum Gasteiger partial charge on any atom is 0.328 e. The fourth-order valence-corrected chi connectivity index (χ4v) is 1.96. The average molecular weight is 359 g/mol. The number of hydrogen-bond acceptors (Lipinski definition) is 5. The number of halogens is 3. The fourth-order valence-electron chi connectivity index (χ4n) is 1.79. The lowest BCUT2D eigenvalue weighted by Gasteiger charge is -2.17. The van der Waals surface area contributed by atoms with Gasteiger partial charge >= 0.3 is 5.65 Å². The molecule has 0 radical (unpaired) electrons. The number of pyridine rings is 1. The normalized spacial score (nSPS) is 11.0. The van der Waals surface area contributed by atoms with Crippen LogP contribution < -0.4 is 23.0 Å². The first-order chi connectivity index (χ1) is 10.7. The average Bonchev–Trinajstić information content (AvgIpc) is 2.46. The lowest BCUT2D eigenvalue weighted by molar-refractivity contribution is -2.00. The Bertz CT molecular complexity index is 804. The van der Waals surface area contributed by atoms with Gasteiger partial charge < -0.3 is 0 Å². The minimum Gasteiger partial charge on any atom is -0.222 e. The molecule has 3 aromatic rings. The molecule has 0 atom stereocenters. The van der Waals surface area contributed by atoms with Gasteiger partial charge in [-0.1, -0.05) is 11.6 Å². The predicted octanol–water partition coefficient (Wildman–Crippen LogP) is -1.48. The Morgan fingerprint density at radius 1 is 0.957 bits per heavy atom. The molecule has 9 heteroatoms. The molecule has 0 aliphatic carbocycles. The summed E-state index contributed by atoms with van der Waals surface area (Å²) in [4.78, 5) is 4.50. The van der Waals surface area contributed by atoms with Crippen molar-refractivity contribution in [2.24, 2.45) is 0 Å². The third kappa shape index (κ3) is 5.68. The SMILES string of the molecule is Fc1ccc(-c2cc[n+]3cc(Cl)ccc3n2)cc1.[O-][Cl+3]([O-])([O-])[O-]. The molecule has 0 unspecified atom stereocenters. The summed E-state index contributed by atoms with van der Waals surface area (Å²) < 4.78 is 48.7. The van der Waals surface area contributed by atoms with E-state index in [0.29, 0.717) is 5.02 Å². The Morgan fingerprint density at radius 3 is 2.17 bits per heavy atom. The quantitative estimate of drug-likeness (QED) is 0.493. The third-order valence-electron chi connectivity index (χ3n) is 2.69. The van der Waals surface area contributed by atoms with Crippen molar-refractivity contribution < 1.29 is 37.7 Å². The second kappa shape index (κ2) is 7.14. The zero-order chi connectivity index (χ0) is 17.0. The zero-order valence-corrected chi connectivity index (χ0v) is 12.9. The Morgan fingerprint density at radius 2 is 1.57 bits per heavy atom. The molecule has 0 N–H and O–H groups in total. The fraction of sp³-hybridized carbons (Fsp3) is 0. The summed E-state index contributed by atoms with van der Waals surface area (Å²) in [6.07, 6.45) is 3.67. The van der Waals surface area contributed by atoms with Crippen LogP contribution in [-0.2, 0) is 0 Å². The van der Waals surface area contributed by atoms with Gasteiger partial charge in [-0.3, -0.25) is 0 Å². The molecule has 0 bridgehead atoms. The highest BCUT2D eigenvalue weighted by atomic mass is 35.7. The van der Waals surface area contributed by atoms with Gasteiger partial charge in [0.25, 0.3) is 0 Å². The van der Waals surface area contributed by atoms with Crippen LogP contribution in [0, 0.1) is 16.1 Å². The first kappa shape index (κ1) is 17.5. The van der Waals surface area contributed by atoms with E-state index in [1.54, 1.807) is 24.4 Å². The minimum absolute atomic E-state index is 0.249. The van der Waals surface area contributed by atoms with E-state index in [1.807, 2.05) is 22.7 Å². The summed E-state index contributed by atoms with van der Waals surface area (Å²) in [7, 11) is -4.94. The second-order valence-corrected chi connectivity index (χ2v) is 5.50. The van der Waals surface area contributed by atoms with Crippen molar-refractivity contribution in [1.29, 1.82) is 0 Å². The van der Waals surface area contributed by atoms with Crippen LogP contribution in [0.15, 0.2) is 54.9 Å². The van der Waals surface area contributed by atoms with Crippen LogP contribution in [0.2, 0.25) is 5.02 Å². The standard InChI is InChI=1S/C14H9ClFN2.ClHO4/c15-11-3-6-14-17-13(7-8-18(14)9-11)10-1-4-12(16)5-2-10;2-1(3,4)5/h1-9H;(H,2,3,4,5)/q+1;/p-1. The second-order valence-electron chi connectivity index (χ2n) is 4.31. The summed E-state index contributed by atoms with van der Waals surface area (Å²) in [5.74, 6) is -0.249. The molecule has 0 aliphatic rings. The van der Waals surface area contributed by atoms with E-state index in [9.17, 15) is 4.39 Å². The van der Waals surface area contributed by atoms with Crippen LogP contribution >= 0.6 is 11.6 Å². The smallest absolute Gasteiger partial charge is 0.222 e. The Kier molecular flexibility index (Phi) is 5.42. The van der Waals surface area contributed by atoms with Crippen molar-refractivity contribution >= 4 is 17.2 Å². The van der Waals surface area contributed by atoms with Gasteiger partial charge in [0.05, 0.1) is 5.02 Å². The van der Waals surface area contributed by atoms with Crippen LogP contribution in [0.3, 0.4) is 0 Å². The van der Waals surface area contributed by atoms with E-state index in [1.165, 1.54) is 12.1 Å². The molecule has 2 heterocycles. The van der Waals surface area contributed by atoms with Gasteiger partial charge in [0.15, 0.2) is 5.69 Å². The summed E-state index contributed by atoms with van der Waals surface area (Å²) in [5, 5.41) is 0.656. The third-order valence-corrected chi connectivity index (χ3v) is 2.91. The van der Waals surface area contributed by atoms with Gasteiger partial charge in [0.1, 0.15) is 18.2 Å². The number of aromatic nitrogens is 2. The molecule has 0 fully saturated rings. The molecule has 1 aromatic carbocycles. The summed E-state index contributed by atoms with van der Waals surface area (Å²) in [6, 6.07) is 11.8. The van der Waals surface area contributed by atoms with Crippen molar-refractivity contribution in [3.05, 3.63) is 65.7 Å². The molecule has 6 nitrogen and oxygen atoms in total. The first-order valence-corrected chi connectivity index (χ1v) is 7.69. The monoisotopic (exact) mass is 358 g/mol. The lowest BCUT2D eigenvalue weighted by Crippen LogP contribution is -2.68. The van der Waals surface area contributed by atoms with Crippen LogP contribution in [0.1, 0.15) is 0 Å². The number of fused-ring (bicyclic) bond motifs is 1. The van der Waals surface area contributed by atoms with Crippen LogP contribution in [0.25, 0.3) is 16.9 Å². The Balaban J connectivity index is 0.000000338. The number of nitrogens with zero attached hydrogens (tertiary/aromatic N) is 2. The molecular weight excluding hydrogens is 350 g/mol. The molecule has 23 heavy (non-hydrogen) atoms. The van der Waals surface area contributed by atoms with E-state index in [4.69, 9.17) is 30.2 Å². The minimum atomic E-state index is -4.94. The van der Waals surface area contributed by atoms with Gasteiger partial charge in [-0.15, -0.1) is 10.2 Å². The van der Waals surface area contributed by atoms with Crippen LogP contribution in [-0.4, -0.2) is 4.98 Å². The van der Waals surface area contributed by atoms with Crippen molar-refractivity contribution in [3.8, 4) is 11.3 Å². The highest BCUT2D eigenvalue weighted by Gasteiger charge is 2.09. The van der Waals surface area contributed by atoms with Crippen molar-refractivity contribution in [2.45, 2.75) is 0 Å². The van der Waals surface area contributed by atoms with Crippen molar-refractivity contribution in [3.63, 3.8) is 0 Å². The van der Waals surface area contributed by atoms with E-state index in [-0.39, 0.29) is 5.82 Å². The predicted molar refractivity (Wildman–Crippen MR) is 67.8 cm³/mol. The molecule has 0 spiro atoms. The molecule has 3 rings (SSSR count). The Labute approximate surface area is 137 Å². The summed E-state index contributed by atoms with van der Waals surface area (Å²) >= 11 is 5.90. The Hall–Kier alpha value is -1.87. The summed E-state index contributed by atoms with van der Waals surface area (Å²) in [5.41, 5.74) is 2.48. The maximum atomic E-state index is 12.9. The van der Waals surface area contributed by atoms with E-state index in [2.05, 4.69) is 4.98 Å². The first-order valence-electron chi connectivity index (χ1n) is 6.08. The lowest BCUT2D eigenvalue weighted by atomic mass is 10.1. The maximum absolute atomic E-state index is 12.9. The van der Waals surface area contributed by atoms with Crippen LogP contribution in [0.4, 0.5) is 4.39 Å². The number of hydrogen-bond donors (Lipinski definition) is 0. The largest absolute Gasteiger partial charge is 0.328 e. The molecule has 0 aliphatic heterocycles. The van der Waals surface area contributed by atoms with Crippen molar-refractivity contribution in [2.75, 3.05) is 0 Å². The molecule has 0 saturated heterocycles. The highest BCUT2D eigenvalue weighted by molar-refractivity contribution is 6.30. The molecule has 0 saturated carbocycles. The number of benzene rings is 1. The molecule has 120 valence electrons. The topological polar surface area (TPSA) is 109 Å². The zero-order valence-electron chi connectivity index (χ0n) is 11.4.